The molecule has 0 amide bonds. The van der Waals surface area contributed by atoms with Crippen LogP contribution in [-0.2, 0) is 16.8 Å². The number of carbonyl (C=O) groups is 1. The van der Waals surface area contributed by atoms with Gasteiger partial charge in [-0.1, -0.05) is 30.3 Å². The molecule has 0 bridgehead atoms. The van der Waals surface area contributed by atoms with Crippen LogP contribution < -0.4 is 4.90 Å². The van der Waals surface area contributed by atoms with E-state index < -0.39 is 11.5 Å². The summed E-state index contributed by atoms with van der Waals surface area (Å²) in [6, 6.07) is 19.7. The first-order valence-corrected chi connectivity index (χ1v) is 9.75. The molecule has 1 atom stereocenters. The van der Waals surface area contributed by atoms with Crippen molar-refractivity contribution >= 4 is 17.7 Å². The number of nitrogens with zero attached hydrogens (tertiary/aromatic N) is 1. The number of hydrogen-bond donors (Lipinski definition) is 2. The van der Waals surface area contributed by atoms with Crippen LogP contribution in [0.2, 0.25) is 0 Å². The molecule has 5 heteroatoms. The standard InChI is InChI=1S/C25H22FNO3/c1-25(19-5-2-17(3-6-19)4-13-24(29)30)23-12-11-22(28)16-18(23)14-15-27(25)21-9-7-20(26)8-10-21/h2-13,16,28H,14-15H2,1H3,(H,29,30)/t25-/m0/s1. The first-order chi connectivity index (χ1) is 14.4. The molecule has 0 unspecified atom stereocenters. The SMILES string of the molecule is C[C@]1(c2ccc(C=CC(=O)O)cc2)c2ccc(O)cc2CCN1c1ccc(F)cc1. The molecule has 1 aliphatic heterocycles. The number of benzene rings is 3. The number of phenolic OH excluding ortho intramolecular Hbond substituents is 1. The van der Waals surface area contributed by atoms with E-state index in [1.54, 1.807) is 30.3 Å². The van der Waals surface area contributed by atoms with Crippen molar-refractivity contribution < 1.29 is 19.4 Å². The van der Waals surface area contributed by atoms with E-state index >= 15 is 0 Å². The van der Waals surface area contributed by atoms with Crippen LogP contribution in [0.5, 0.6) is 5.75 Å². The van der Waals surface area contributed by atoms with Crippen molar-refractivity contribution in [3.63, 3.8) is 0 Å². The minimum Gasteiger partial charge on any atom is -0.508 e. The highest BCUT2D eigenvalue weighted by atomic mass is 19.1. The van der Waals surface area contributed by atoms with E-state index in [2.05, 4.69) is 11.8 Å². The number of carboxylic acid groups (broad SMARTS) is 1. The van der Waals surface area contributed by atoms with Crippen molar-refractivity contribution in [2.24, 2.45) is 0 Å². The lowest BCUT2D eigenvalue weighted by molar-refractivity contribution is -0.131. The van der Waals surface area contributed by atoms with Gasteiger partial charge < -0.3 is 15.1 Å². The van der Waals surface area contributed by atoms with Crippen molar-refractivity contribution in [3.8, 4) is 5.75 Å². The fourth-order valence-electron chi connectivity index (χ4n) is 4.27. The third kappa shape index (κ3) is 3.54. The van der Waals surface area contributed by atoms with Crippen LogP contribution in [0.4, 0.5) is 10.1 Å². The molecule has 4 nitrogen and oxygen atoms in total. The summed E-state index contributed by atoms with van der Waals surface area (Å²) in [6.07, 6.45) is 3.43. The van der Waals surface area contributed by atoms with Crippen LogP contribution in [0.3, 0.4) is 0 Å². The van der Waals surface area contributed by atoms with Gasteiger partial charge in [-0.3, -0.25) is 0 Å². The first kappa shape index (κ1) is 19.7. The predicted molar refractivity (Wildman–Crippen MR) is 115 cm³/mol. The van der Waals surface area contributed by atoms with Crippen molar-refractivity contribution in [1.82, 2.24) is 0 Å². The quantitative estimate of drug-likeness (QED) is 0.605. The van der Waals surface area contributed by atoms with E-state index in [1.807, 2.05) is 30.3 Å². The minimum atomic E-state index is -0.991. The molecule has 0 saturated carbocycles. The van der Waals surface area contributed by atoms with E-state index in [-0.39, 0.29) is 11.6 Å². The largest absolute Gasteiger partial charge is 0.508 e. The third-order valence-electron chi connectivity index (χ3n) is 5.79. The minimum absolute atomic E-state index is 0.237. The second kappa shape index (κ2) is 7.67. The van der Waals surface area contributed by atoms with Crippen LogP contribution in [0.15, 0.2) is 72.8 Å². The van der Waals surface area contributed by atoms with Gasteiger partial charge in [0.05, 0.1) is 5.54 Å². The maximum Gasteiger partial charge on any atom is 0.328 e. The molecule has 2 N–H and O–H groups in total. The van der Waals surface area contributed by atoms with Gasteiger partial charge in [0.15, 0.2) is 0 Å². The van der Waals surface area contributed by atoms with E-state index in [0.717, 1.165) is 40.4 Å². The van der Waals surface area contributed by atoms with Crippen LogP contribution in [-0.4, -0.2) is 22.7 Å². The number of halogens is 1. The zero-order valence-corrected chi connectivity index (χ0v) is 16.5. The average Bonchev–Trinajstić information content (AvgIpc) is 2.73. The number of phenols is 1. The Morgan fingerprint density at radius 2 is 1.77 bits per heavy atom. The summed E-state index contributed by atoms with van der Waals surface area (Å²) in [5, 5.41) is 18.8. The molecule has 152 valence electrons. The van der Waals surface area contributed by atoms with E-state index in [1.165, 1.54) is 12.1 Å². The van der Waals surface area contributed by atoms with E-state index in [0.29, 0.717) is 6.54 Å². The van der Waals surface area contributed by atoms with Crippen molar-refractivity contribution in [3.05, 3.63) is 101 Å². The molecule has 0 radical (unpaired) electrons. The summed E-state index contributed by atoms with van der Waals surface area (Å²) in [4.78, 5) is 13.0. The molecular formula is C25H22FNO3. The molecule has 4 rings (SSSR count). The van der Waals surface area contributed by atoms with Crippen molar-refractivity contribution in [1.29, 1.82) is 0 Å². The van der Waals surface area contributed by atoms with Gasteiger partial charge >= 0.3 is 5.97 Å². The fraction of sp³-hybridized carbons (Fsp3) is 0.160. The lowest BCUT2D eigenvalue weighted by Crippen LogP contribution is -2.49. The number of aromatic hydroxyl groups is 1. The zero-order valence-electron chi connectivity index (χ0n) is 16.5. The van der Waals surface area contributed by atoms with Crippen molar-refractivity contribution in [2.45, 2.75) is 18.9 Å². The Kier molecular flexibility index (Phi) is 5.04. The Balaban J connectivity index is 1.84. The summed E-state index contributed by atoms with van der Waals surface area (Å²) in [6.45, 7) is 2.83. The Morgan fingerprint density at radius 3 is 2.43 bits per heavy atom. The molecule has 30 heavy (non-hydrogen) atoms. The molecule has 1 heterocycles. The molecular weight excluding hydrogens is 381 g/mol. The van der Waals surface area contributed by atoms with Crippen LogP contribution >= 0.6 is 0 Å². The fourth-order valence-corrected chi connectivity index (χ4v) is 4.27. The molecule has 3 aromatic carbocycles. The molecule has 1 aliphatic rings. The van der Waals surface area contributed by atoms with Gasteiger partial charge in [0.2, 0.25) is 0 Å². The predicted octanol–water partition coefficient (Wildman–Crippen LogP) is 4.96. The number of aliphatic carboxylic acids is 1. The number of rotatable bonds is 4. The summed E-state index contributed by atoms with van der Waals surface area (Å²) >= 11 is 0. The average molecular weight is 403 g/mol. The molecule has 0 fully saturated rings. The molecule has 0 spiro atoms. The van der Waals surface area contributed by atoms with Gasteiger partial charge in [0.1, 0.15) is 11.6 Å². The van der Waals surface area contributed by atoms with E-state index in [4.69, 9.17) is 5.11 Å². The lowest BCUT2D eigenvalue weighted by atomic mass is 9.76. The highest BCUT2D eigenvalue weighted by Crippen LogP contribution is 2.44. The highest BCUT2D eigenvalue weighted by Gasteiger charge is 2.40. The normalized spacial score (nSPS) is 18.4. The maximum atomic E-state index is 13.5. The van der Waals surface area contributed by atoms with E-state index in [9.17, 15) is 14.3 Å². The Labute approximate surface area is 174 Å². The molecule has 0 aliphatic carbocycles. The molecule has 3 aromatic rings. The summed E-state index contributed by atoms with van der Waals surface area (Å²) in [5.74, 6) is -1.03. The van der Waals surface area contributed by atoms with Gasteiger partial charge in [0.25, 0.3) is 0 Å². The summed E-state index contributed by atoms with van der Waals surface area (Å²) in [5.41, 5.74) is 4.32. The van der Waals surface area contributed by atoms with Gasteiger partial charge in [0, 0.05) is 18.3 Å². The summed E-state index contributed by atoms with van der Waals surface area (Å²) < 4.78 is 13.5. The third-order valence-corrected chi connectivity index (χ3v) is 5.79. The maximum absolute atomic E-state index is 13.5. The number of anilines is 1. The number of hydrogen-bond acceptors (Lipinski definition) is 3. The second-order valence-electron chi connectivity index (χ2n) is 7.59. The number of fused-ring (bicyclic) bond motifs is 1. The van der Waals surface area contributed by atoms with Crippen LogP contribution in [0, 0.1) is 5.82 Å². The van der Waals surface area contributed by atoms with Crippen LogP contribution in [0.1, 0.15) is 29.2 Å². The van der Waals surface area contributed by atoms with Gasteiger partial charge in [-0.2, -0.15) is 0 Å². The molecule has 0 saturated heterocycles. The Morgan fingerprint density at radius 1 is 1.07 bits per heavy atom. The van der Waals surface area contributed by atoms with Gasteiger partial charge in [-0.25, -0.2) is 9.18 Å². The summed E-state index contributed by atoms with van der Waals surface area (Å²) in [7, 11) is 0. The Bertz CT molecular complexity index is 1110. The van der Waals surface area contributed by atoms with Crippen molar-refractivity contribution in [2.75, 3.05) is 11.4 Å². The topological polar surface area (TPSA) is 60.8 Å². The van der Waals surface area contributed by atoms with Gasteiger partial charge in [-0.05, 0) is 78.1 Å². The van der Waals surface area contributed by atoms with Gasteiger partial charge in [-0.15, -0.1) is 0 Å². The van der Waals surface area contributed by atoms with Crippen LogP contribution in [0.25, 0.3) is 6.08 Å². The Hall–Kier alpha value is -3.60. The first-order valence-electron chi connectivity index (χ1n) is 9.75. The zero-order chi connectivity index (χ0) is 21.3. The smallest absolute Gasteiger partial charge is 0.328 e. The monoisotopic (exact) mass is 403 g/mol. The highest BCUT2D eigenvalue weighted by molar-refractivity contribution is 5.85. The second-order valence-corrected chi connectivity index (χ2v) is 7.59. The molecule has 0 aromatic heterocycles. The number of carboxylic acids is 1. The lowest BCUT2D eigenvalue weighted by Gasteiger charge is -2.48.